The van der Waals surface area contributed by atoms with E-state index in [0.29, 0.717) is 12.1 Å². The Morgan fingerprint density at radius 1 is 1.33 bits per heavy atom. The van der Waals surface area contributed by atoms with Crippen LogP contribution >= 0.6 is 0 Å². The van der Waals surface area contributed by atoms with Gasteiger partial charge in [0.05, 0.1) is 0 Å². The molecule has 1 amide bonds. The van der Waals surface area contributed by atoms with Crippen LogP contribution in [0, 0.1) is 5.92 Å². The Morgan fingerprint density at radius 3 is 2.76 bits per heavy atom. The fourth-order valence-electron chi connectivity index (χ4n) is 2.70. The van der Waals surface area contributed by atoms with E-state index in [2.05, 4.69) is 22.9 Å². The lowest BCUT2D eigenvalue weighted by Gasteiger charge is -2.20. The Morgan fingerprint density at radius 2 is 2.10 bits per heavy atom. The second kappa shape index (κ2) is 7.46. The summed E-state index contributed by atoms with van der Waals surface area (Å²) in [7, 11) is 0. The molecule has 4 nitrogen and oxygen atoms in total. The molecule has 2 rings (SSSR count). The molecule has 1 aromatic carbocycles. The molecule has 0 aliphatic carbocycles. The molecule has 2 unspecified atom stereocenters. The first-order chi connectivity index (χ1) is 10.0. The van der Waals surface area contributed by atoms with Crippen LogP contribution < -0.4 is 16.0 Å². The summed E-state index contributed by atoms with van der Waals surface area (Å²) in [6.45, 7) is 7.15. The molecular formula is C17H27N3O. The number of hydrogen-bond donors (Lipinski definition) is 3. The van der Waals surface area contributed by atoms with E-state index in [0.717, 1.165) is 24.3 Å². The predicted molar refractivity (Wildman–Crippen MR) is 88.6 cm³/mol. The topological polar surface area (TPSA) is 53.2 Å². The van der Waals surface area contributed by atoms with Crippen LogP contribution in [0.4, 0.5) is 11.4 Å². The largest absolute Gasteiger partial charge is 0.382 e. The number of nitrogens with one attached hydrogen (secondary N) is 3. The van der Waals surface area contributed by atoms with Crippen LogP contribution in [0.2, 0.25) is 0 Å². The van der Waals surface area contributed by atoms with Crippen molar-refractivity contribution in [2.75, 3.05) is 17.2 Å². The van der Waals surface area contributed by atoms with Crippen molar-refractivity contribution in [1.29, 1.82) is 0 Å². The third-order valence-electron chi connectivity index (χ3n) is 3.87. The van der Waals surface area contributed by atoms with Crippen molar-refractivity contribution in [2.24, 2.45) is 5.92 Å². The van der Waals surface area contributed by atoms with Crippen molar-refractivity contribution < 1.29 is 4.79 Å². The van der Waals surface area contributed by atoms with Gasteiger partial charge in [0.25, 0.3) is 0 Å². The maximum absolute atomic E-state index is 11.7. The van der Waals surface area contributed by atoms with Crippen LogP contribution in [0.5, 0.6) is 0 Å². The van der Waals surface area contributed by atoms with Crippen molar-refractivity contribution in [2.45, 2.75) is 52.1 Å². The van der Waals surface area contributed by atoms with Crippen molar-refractivity contribution in [3.8, 4) is 0 Å². The zero-order valence-corrected chi connectivity index (χ0v) is 13.3. The van der Waals surface area contributed by atoms with Crippen molar-refractivity contribution in [3.05, 3.63) is 24.3 Å². The van der Waals surface area contributed by atoms with Crippen LogP contribution in [0.1, 0.15) is 40.0 Å². The van der Waals surface area contributed by atoms with E-state index in [-0.39, 0.29) is 11.8 Å². The zero-order valence-electron chi connectivity index (χ0n) is 13.3. The fourth-order valence-corrected chi connectivity index (χ4v) is 2.70. The Kier molecular flexibility index (Phi) is 5.62. The van der Waals surface area contributed by atoms with Gasteiger partial charge in [0, 0.05) is 29.4 Å². The summed E-state index contributed by atoms with van der Waals surface area (Å²) in [5.74, 6) is 0.0457. The van der Waals surface area contributed by atoms with Gasteiger partial charge < -0.3 is 16.0 Å². The summed E-state index contributed by atoms with van der Waals surface area (Å²) in [6.07, 6.45) is 3.69. The van der Waals surface area contributed by atoms with Crippen molar-refractivity contribution >= 4 is 17.3 Å². The maximum atomic E-state index is 11.7. The molecule has 4 heteroatoms. The van der Waals surface area contributed by atoms with Crippen LogP contribution in [0.3, 0.4) is 0 Å². The number of rotatable bonds is 6. The van der Waals surface area contributed by atoms with Gasteiger partial charge in [-0.3, -0.25) is 4.79 Å². The molecule has 1 heterocycles. The van der Waals surface area contributed by atoms with Gasteiger partial charge in [0.1, 0.15) is 0 Å². The van der Waals surface area contributed by atoms with Crippen molar-refractivity contribution in [3.63, 3.8) is 0 Å². The third kappa shape index (κ3) is 5.05. The van der Waals surface area contributed by atoms with E-state index in [1.807, 2.05) is 38.1 Å². The molecule has 1 aromatic rings. The van der Waals surface area contributed by atoms with Crippen LogP contribution in [-0.4, -0.2) is 24.5 Å². The molecule has 2 atom stereocenters. The van der Waals surface area contributed by atoms with E-state index >= 15 is 0 Å². The number of benzene rings is 1. The lowest BCUT2D eigenvalue weighted by Crippen LogP contribution is -2.29. The molecule has 1 fully saturated rings. The molecule has 0 radical (unpaired) electrons. The van der Waals surface area contributed by atoms with Gasteiger partial charge in [-0.05, 0) is 50.9 Å². The number of carbonyl (C=O) groups is 1. The lowest BCUT2D eigenvalue weighted by molar-refractivity contribution is -0.118. The summed E-state index contributed by atoms with van der Waals surface area (Å²) in [5.41, 5.74) is 1.91. The smallest absolute Gasteiger partial charge is 0.226 e. The molecule has 116 valence electrons. The first-order valence-corrected chi connectivity index (χ1v) is 7.95. The van der Waals surface area contributed by atoms with E-state index in [1.165, 1.54) is 12.8 Å². The highest BCUT2D eigenvalue weighted by Crippen LogP contribution is 2.19. The molecule has 1 aliphatic rings. The Hall–Kier alpha value is -1.55. The molecule has 21 heavy (non-hydrogen) atoms. The van der Waals surface area contributed by atoms with E-state index in [4.69, 9.17) is 0 Å². The summed E-state index contributed by atoms with van der Waals surface area (Å²) in [6, 6.07) is 8.99. The van der Waals surface area contributed by atoms with Gasteiger partial charge in [-0.2, -0.15) is 0 Å². The summed E-state index contributed by atoms with van der Waals surface area (Å²) >= 11 is 0. The number of anilines is 2. The highest BCUT2D eigenvalue weighted by molar-refractivity contribution is 5.92. The number of carbonyl (C=O) groups excluding carboxylic acids is 1. The molecule has 0 bridgehead atoms. The third-order valence-corrected chi connectivity index (χ3v) is 3.87. The van der Waals surface area contributed by atoms with Crippen molar-refractivity contribution in [1.82, 2.24) is 5.32 Å². The monoisotopic (exact) mass is 289 g/mol. The SMILES string of the molecule is CC(CC1CCCN1)Nc1cccc(NC(=O)C(C)C)c1. The number of amides is 1. The van der Waals surface area contributed by atoms with Crippen LogP contribution in [0.15, 0.2) is 24.3 Å². The lowest BCUT2D eigenvalue weighted by atomic mass is 10.1. The summed E-state index contributed by atoms with van der Waals surface area (Å²) < 4.78 is 0. The van der Waals surface area contributed by atoms with Gasteiger partial charge in [0.15, 0.2) is 0 Å². The average molecular weight is 289 g/mol. The molecule has 0 saturated carbocycles. The molecule has 0 spiro atoms. The number of hydrogen-bond acceptors (Lipinski definition) is 3. The first-order valence-electron chi connectivity index (χ1n) is 7.95. The Labute approximate surface area is 127 Å². The van der Waals surface area contributed by atoms with Crippen LogP contribution in [0.25, 0.3) is 0 Å². The van der Waals surface area contributed by atoms with E-state index in [9.17, 15) is 4.79 Å². The summed E-state index contributed by atoms with van der Waals surface area (Å²) in [4.78, 5) is 11.7. The highest BCUT2D eigenvalue weighted by Gasteiger charge is 2.17. The molecular weight excluding hydrogens is 262 g/mol. The molecule has 1 saturated heterocycles. The highest BCUT2D eigenvalue weighted by atomic mass is 16.1. The van der Waals surface area contributed by atoms with Crippen LogP contribution in [-0.2, 0) is 4.79 Å². The summed E-state index contributed by atoms with van der Waals surface area (Å²) in [5, 5.41) is 9.98. The molecule has 0 aromatic heterocycles. The van der Waals surface area contributed by atoms with Gasteiger partial charge in [-0.1, -0.05) is 19.9 Å². The average Bonchev–Trinajstić information content (AvgIpc) is 2.91. The zero-order chi connectivity index (χ0) is 15.2. The van der Waals surface area contributed by atoms with E-state index < -0.39 is 0 Å². The minimum atomic E-state index is -0.00557. The molecule has 3 N–H and O–H groups in total. The standard InChI is InChI=1S/C17H27N3O/c1-12(2)17(21)20-16-7-4-6-15(11-16)19-13(3)10-14-8-5-9-18-14/h4,6-7,11-14,18-19H,5,8-10H2,1-3H3,(H,20,21). The van der Waals surface area contributed by atoms with Gasteiger partial charge in [-0.15, -0.1) is 0 Å². The fraction of sp³-hybridized carbons (Fsp3) is 0.588. The van der Waals surface area contributed by atoms with E-state index in [1.54, 1.807) is 0 Å². The normalized spacial score (nSPS) is 19.5. The van der Waals surface area contributed by atoms with Gasteiger partial charge in [0.2, 0.25) is 5.91 Å². The first kappa shape index (κ1) is 15.8. The molecule has 1 aliphatic heterocycles. The second-order valence-electron chi connectivity index (χ2n) is 6.30. The Bertz CT molecular complexity index is 467. The predicted octanol–water partition coefficient (Wildman–Crippen LogP) is 3.22. The Balaban J connectivity index is 1.89. The van der Waals surface area contributed by atoms with Gasteiger partial charge >= 0.3 is 0 Å². The second-order valence-corrected chi connectivity index (χ2v) is 6.30. The maximum Gasteiger partial charge on any atom is 0.226 e. The minimum absolute atomic E-state index is 0.00557. The van der Waals surface area contributed by atoms with Gasteiger partial charge in [-0.25, -0.2) is 0 Å². The minimum Gasteiger partial charge on any atom is -0.382 e. The quantitative estimate of drug-likeness (QED) is 0.753.